The van der Waals surface area contributed by atoms with Crippen LogP contribution in [0.2, 0.25) is 0 Å². The van der Waals surface area contributed by atoms with Gasteiger partial charge in [0.1, 0.15) is 5.76 Å². The van der Waals surface area contributed by atoms with Gasteiger partial charge in [-0.15, -0.1) is 11.3 Å². The molecule has 0 saturated carbocycles. The van der Waals surface area contributed by atoms with Crippen molar-refractivity contribution < 1.29 is 9.21 Å². The first kappa shape index (κ1) is 13.3. The van der Waals surface area contributed by atoms with Crippen LogP contribution in [0.4, 0.5) is 5.13 Å². The monoisotopic (exact) mass is 291 g/mol. The Labute approximate surface area is 121 Å². The van der Waals surface area contributed by atoms with Gasteiger partial charge < -0.3 is 9.73 Å². The van der Waals surface area contributed by atoms with Crippen molar-refractivity contribution in [2.75, 3.05) is 18.4 Å². The Balaban J connectivity index is 1.68. The Bertz CT molecular complexity index is 599. The van der Waals surface area contributed by atoms with Gasteiger partial charge in [0.05, 0.1) is 11.8 Å². The first-order valence-electron chi connectivity index (χ1n) is 6.76. The maximum atomic E-state index is 12.1. The Hall–Kier alpha value is -1.66. The van der Waals surface area contributed by atoms with Crippen LogP contribution < -0.4 is 10.6 Å². The summed E-state index contributed by atoms with van der Waals surface area (Å²) in [5.74, 6) is 1.02. The number of anilines is 1. The van der Waals surface area contributed by atoms with Gasteiger partial charge in [-0.3, -0.25) is 10.1 Å². The Kier molecular flexibility index (Phi) is 3.84. The SMILES string of the molecule is Cc1occc1C(=O)Nc1ncc(C2CCNCC2)s1. The minimum Gasteiger partial charge on any atom is -0.469 e. The van der Waals surface area contributed by atoms with E-state index in [-0.39, 0.29) is 5.91 Å². The molecule has 0 aliphatic carbocycles. The quantitative estimate of drug-likeness (QED) is 0.912. The van der Waals surface area contributed by atoms with Crippen LogP contribution in [0, 0.1) is 6.92 Å². The molecule has 2 aromatic rings. The number of thiazole rings is 1. The van der Waals surface area contributed by atoms with Gasteiger partial charge in [-0.05, 0) is 44.8 Å². The summed E-state index contributed by atoms with van der Waals surface area (Å²) in [5, 5.41) is 6.85. The largest absolute Gasteiger partial charge is 0.469 e. The van der Waals surface area contributed by atoms with Gasteiger partial charge in [-0.1, -0.05) is 0 Å². The van der Waals surface area contributed by atoms with Crippen LogP contribution in [-0.2, 0) is 0 Å². The lowest BCUT2D eigenvalue weighted by Crippen LogP contribution is -2.26. The highest BCUT2D eigenvalue weighted by Gasteiger charge is 2.19. The van der Waals surface area contributed by atoms with E-state index in [4.69, 9.17) is 4.42 Å². The van der Waals surface area contributed by atoms with Crippen LogP contribution in [-0.4, -0.2) is 24.0 Å². The molecule has 0 aromatic carbocycles. The minimum absolute atomic E-state index is 0.164. The number of nitrogens with zero attached hydrogens (tertiary/aromatic N) is 1. The summed E-state index contributed by atoms with van der Waals surface area (Å²) in [6.07, 6.45) is 5.68. The lowest BCUT2D eigenvalue weighted by Gasteiger charge is -2.20. The zero-order chi connectivity index (χ0) is 13.9. The molecular weight excluding hydrogens is 274 g/mol. The lowest BCUT2D eigenvalue weighted by atomic mass is 9.97. The molecular formula is C14H17N3O2S. The number of aromatic nitrogens is 1. The number of carbonyl (C=O) groups is 1. The average Bonchev–Trinajstić information content (AvgIpc) is 3.09. The molecule has 1 aliphatic rings. The van der Waals surface area contributed by atoms with Crippen molar-refractivity contribution in [3.05, 3.63) is 34.7 Å². The zero-order valence-corrected chi connectivity index (χ0v) is 12.1. The number of rotatable bonds is 3. The molecule has 20 heavy (non-hydrogen) atoms. The van der Waals surface area contributed by atoms with Crippen molar-refractivity contribution in [1.29, 1.82) is 0 Å². The van der Waals surface area contributed by atoms with Gasteiger partial charge in [0.15, 0.2) is 5.13 Å². The molecule has 0 radical (unpaired) electrons. The number of nitrogens with one attached hydrogen (secondary N) is 2. The van der Waals surface area contributed by atoms with E-state index in [0.29, 0.717) is 22.4 Å². The third-order valence-electron chi connectivity index (χ3n) is 3.59. The van der Waals surface area contributed by atoms with E-state index in [0.717, 1.165) is 25.9 Å². The molecule has 0 spiro atoms. The van der Waals surface area contributed by atoms with E-state index >= 15 is 0 Å². The number of amides is 1. The van der Waals surface area contributed by atoms with Crippen LogP contribution in [0.25, 0.3) is 0 Å². The predicted molar refractivity (Wildman–Crippen MR) is 78.4 cm³/mol. The lowest BCUT2D eigenvalue weighted by molar-refractivity contribution is 0.102. The molecule has 3 heterocycles. The van der Waals surface area contributed by atoms with E-state index in [2.05, 4.69) is 15.6 Å². The summed E-state index contributed by atoms with van der Waals surface area (Å²) in [4.78, 5) is 17.6. The number of aryl methyl sites for hydroxylation is 1. The minimum atomic E-state index is -0.164. The maximum Gasteiger partial charge on any atom is 0.260 e. The van der Waals surface area contributed by atoms with E-state index < -0.39 is 0 Å². The molecule has 0 bridgehead atoms. The molecule has 0 atom stereocenters. The first-order chi connectivity index (χ1) is 9.74. The molecule has 1 amide bonds. The third kappa shape index (κ3) is 2.76. The van der Waals surface area contributed by atoms with Crippen molar-refractivity contribution in [3.63, 3.8) is 0 Å². The van der Waals surface area contributed by atoms with E-state index in [1.807, 2.05) is 6.20 Å². The van der Waals surface area contributed by atoms with Crippen molar-refractivity contribution in [3.8, 4) is 0 Å². The molecule has 3 rings (SSSR count). The summed E-state index contributed by atoms with van der Waals surface area (Å²) in [7, 11) is 0. The summed E-state index contributed by atoms with van der Waals surface area (Å²) in [6, 6.07) is 1.67. The topological polar surface area (TPSA) is 67.2 Å². The second-order valence-corrected chi connectivity index (χ2v) is 6.00. The van der Waals surface area contributed by atoms with E-state index in [1.54, 1.807) is 24.3 Å². The second-order valence-electron chi connectivity index (χ2n) is 4.94. The van der Waals surface area contributed by atoms with Crippen molar-refractivity contribution in [2.45, 2.75) is 25.7 Å². The zero-order valence-electron chi connectivity index (χ0n) is 11.3. The Morgan fingerprint density at radius 3 is 3.00 bits per heavy atom. The van der Waals surface area contributed by atoms with E-state index in [1.165, 1.54) is 11.1 Å². The van der Waals surface area contributed by atoms with Crippen LogP contribution in [0.1, 0.15) is 39.8 Å². The smallest absolute Gasteiger partial charge is 0.260 e. The first-order valence-corrected chi connectivity index (χ1v) is 7.57. The van der Waals surface area contributed by atoms with Gasteiger partial charge in [0, 0.05) is 11.1 Å². The summed E-state index contributed by atoms with van der Waals surface area (Å²) >= 11 is 1.57. The number of hydrogen-bond donors (Lipinski definition) is 2. The molecule has 5 nitrogen and oxygen atoms in total. The summed E-state index contributed by atoms with van der Waals surface area (Å²) in [5.41, 5.74) is 0.559. The van der Waals surface area contributed by atoms with Crippen molar-refractivity contribution in [2.24, 2.45) is 0 Å². The second kappa shape index (κ2) is 5.76. The maximum absolute atomic E-state index is 12.1. The molecule has 2 N–H and O–H groups in total. The summed E-state index contributed by atoms with van der Waals surface area (Å²) < 4.78 is 5.14. The Morgan fingerprint density at radius 2 is 2.30 bits per heavy atom. The average molecular weight is 291 g/mol. The van der Waals surface area contributed by atoms with Crippen LogP contribution in [0.3, 0.4) is 0 Å². The fourth-order valence-electron chi connectivity index (χ4n) is 2.42. The molecule has 2 aromatic heterocycles. The number of hydrogen-bond acceptors (Lipinski definition) is 5. The van der Waals surface area contributed by atoms with Gasteiger partial charge in [-0.2, -0.15) is 0 Å². The highest BCUT2D eigenvalue weighted by molar-refractivity contribution is 7.15. The molecule has 0 unspecified atom stereocenters. The Morgan fingerprint density at radius 1 is 1.50 bits per heavy atom. The van der Waals surface area contributed by atoms with Crippen LogP contribution >= 0.6 is 11.3 Å². The van der Waals surface area contributed by atoms with Crippen molar-refractivity contribution in [1.82, 2.24) is 10.3 Å². The van der Waals surface area contributed by atoms with E-state index in [9.17, 15) is 4.79 Å². The van der Waals surface area contributed by atoms with Gasteiger partial charge in [0.2, 0.25) is 0 Å². The number of carbonyl (C=O) groups excluding carboxylic acids is 1. The fourth-order valence-corrected chi connectivity index (χ4v) is 3.40. The summed E-state index contributed by atoms with van der Waals surface area (Å²) in [6.45, 7) is 3.88. The van der Waals surface area contributed by atoms with Gasteiger partial charge in [0.25, 0.3) is 5.91 Å². The highest BCUT2D eigenvalue weighted by Crippen LogP contribution is 2.31. The number of furan rings is 1. The normalized spacial score (nSPS) is 16.2. The molecule has 1 saturated heterocycles. The van der Waals surface area contributed by atoms with Crippen LogP contribution in [0.5, 0.6) is 0 Å². The molecule has 106 valence electrons. The molecule has 6 heteroatoms. The number of piperidine rings is 1. The molecule has 1 aliphatic heterocycles. The van der Waals surface area contributed by atoms with Crippen molar-refractivity contribution >= 4 is 22.4 Å². The third-order valence-corrected chi connectivity index (χ3v) is 4.66. The molecule has 1 fully saturated rings. The predicted octanol–water partition coefficient (Wildman–Crippen LogP) is 2.76. The van der Waals surface area contributed by atoms with Crippen LogP contribution in [0.15, 0.2) is 22.9 Å². The van der Waals surface area contributed by atoms with Gasteiger partial charge >= 0.3 is 0 Å². The highest BCUT2D eigenvalue weighted by atomic mass is 32.1. The van der Waals surface area contributed by atoms with Gasteiger partial charge in [-0.25, -0.2) is 4.98 Å². The standard InChI is InChI=1S/C14H17N3O2S/c1-9-11(4-7-19-9)13(18)17-14-16-8-12(20-14)10-2-5-15-6-3-10/h4,7-8,10,15H,2-3,5-6H2,1H3,(H,16,17,18). The fraction of sp³-hybridized carbons (Fsp3) is 0.429.